The third-order valence-electron chi connectivity index (χ3n) is 4.51. The quantitative estimate of drug-likeness (QED) is 0.812. The second-order valence-electron chi connectivity index (χ2n) is 5.72. The zero-order valence-electron chi connectivity index (χ0n) is 11.2. The zero-order valence-corrected chi connectivity index (χ0v) is 12.8. The molecule has 2 rings (SSSR count). The maximum absolute atomic E-state index is 14.1. The van der Waals surface area contributed by atoms with E-state index in [1.54, 1.807) is 0 Å². The third kappa shape index (κ3) is 3.00. The van der Waals surface area contributed by atoms with Crippen LogP contribution in [0.5, 0.6) is 0 Å². The van der Waals surface area contributed by atoms with Gasteiger partial charge in [0.2, 0.25) is 0 Å². The minimum absolute atomic E-state index is 0.136. The van der Waals surface area contributed by atoms with E-state index in [0.29, 0.717) is 23.4 Å². The van der Waals surface area contributed by atoms with Crippen LogP contribution >= 0.6 is 15.9 Å². The molecule has 0 bridgehead atoms. The number of benzene rings is 1. The minimum Gasteiger partial charge on any atom is -0.330 e. The Kier molecular flexibility index (Phi) is 4.62. The number of hydrogen-bond donors (Lipinski definition) is 1. The average Bonchev–Trinajstić information content (AvgIpc) is 2.83. The van der Waals surface area contributed by atoms with Crippen molar-refractivity contribution in [3.05, 3.63) is 33.8 Å². The highest BCUT2D eigenvalue weighted by atomic mass is 79.9. The number of hydrogen-bond acceptors (Lipinski definition) is 1. The summed E-state index contributed by atoms with van der Waals surface area (Å²) in [4.78, 5) is 0. The molecule has 1 aromatic rings. The van der Waals surface area contributed by atoms with E-state index < -0.39 is 11.6 Å². The van der Waals surface area contributed by atoms with E-state index in [2.05, 4.69) is 22.9 Å². The van der Waals surface area contributed by atoms with Crippen LogP contribution in [0.2, 0.25) is 0 Å². The average molecular weight is 332 g/mol. The Morgan fingerprint density at radius 1 is 1.42 bits per heavy atom. The van der Waals surface area contributed by atoms with Gasteiger partial charge in [0.05, 0.1) is 4.47 Å². The van der Waals surface area contributed by atoms with Crippen molar-refractivity contribution in [3.63, 3.8) is 0 Å². The van der Waals surface area contributed by atoms with Crippen LogP contribution in [0.4, 0.5) is 8.78 Å². The minimum atomic E-state index is -0.479. The fourth-order valence-electron chi connectivity index (χ4n) is 3.20. The summed E-state index contributed by atoms with van der Waals surface area (Å²) in [7, 11) is 0. The molecule has 1 nitrogen and oxygen atoms in total. The lowest BCUT2D eigenvalue weighted by atomic mass is 9.79. The van der Waals surface area contributed by atoms with Crippen LogP contribution in [0.15, 0.2) is 16.6 Å². The maximum atomic E-state index is 14.1. The van der Waals surface area contributed by atoms with E-state index >= 15 is 0 Å². The van der Waals surface area contributed by atoms with Crippen LogP contribution in [0.25, 0.3) is 0 Å². The molecule has 0 spiro atoms. The van der Waals surface area contributed by atoms with Crippen molar-refractivity contribution in [2.75, 3.05) is 6.54 Å². The van der Waals surface area contributed by atoms with Crippen molar-refractivity contribution < 1.29 is 8.78 Å². The van der Waals surface area contributed by atoms with Gasteiger partial charge in [0.15, 0.2) is 0 Å². The molecule has 1 saturated carbocycles. The molecule has 4 heteroatoms. The van der Waals surface area contributed by atoms with Crippen LogP contribution in [-0.4, -0.2) is 6.54 Å². The van der Waals surface area contributed by atoms with Crippen LogP contribution in [0, 0.1) is 23.0 Å². The predicted octanol–water partition coefficient (Wildman–Crippen LogP) is 4.43. The largest absolute Gasteiger partial charge is 0.330 e. The fourth-order valence-corrected chi connectivity index (χ4v) is 3.57. The van der Waals surface area contributed by atoms with Gasteiger partial charge in [-0.3, -0.25) is 0 Å². The summed E-state index contributed by atoms with van der Waals surface area (Å²) in [6.07, 6.45) is 4.58. The van der Waals surface area contributed by atoms with E-state index in [0.717, 1.165) is 25.7 Å². The smallest absolute Gasteiger partial charge is 0.143 e. The maximum Gasteiger partial charge on any atom is 0.143 e. The van der Waals surface area contributed by atoms with Crippen LogP contribution in [0.1, 0.15) is 38.2 Å². The van der Waals surface area contributed by atoms with Gasteiger partial charge in [-0.25, -0.2) is 8.78 Å². The molecule has 0 aromatic heterocycles. The molecule has 0 aliphatic heterocycles. The Morgan fingerprint density at radius 3 is 2.74 bits per heavy atom. The Hall–Kier alpha value is -0.480. The Labute approximate surface area is 121 Å². The summed E-state index contributed by atoms with van der Waals surface area (Å²) < 4.78 is 28.3. The Morgan fingerprint density at radius 2 is 2.16 bits per heavy atom. The third-order valence-corrected chi connectivity index (χ3v) is 5.12. The molecule has 106 valence electrons. The molecule has 0 radical (unpaired) electrons. The lowest BCUT2D eigenvalue weighted by Crippen LogP contribution is -2.31. The molecule has 2 unspecified atom stereocenters. The molecule has 2 atom stereocenters. The summed E-state index contributed by atoms with van der Waals surface area (Å²) in [5.74, 6) is -0.303. The summed E-state index contributed by atoms with van der Waals surface area (Å²) in [6.45, 7) is 2.66. The monoisotopic (exact) mass is 331 g/mol. The van der Waals surface area contributed by atoms with Crippen molar-refractivity contribution >= 4 is 15.9 Å². The second kappa shape index (κ2) is 5.88. The molecule has 1 aliphatic carbocycles. The lowest BCUT2D eigenvalue weighted by Gasteiger charge is -2.28. The first-order valence-corrected chi connectivity index (χ1v) is 7.63. The van der Waals surface area contributed by atoms with Crippen molar-refractivity contribution in [2.45, 2.75) is 39.0 Å². The van der Waals surface area contributed by atoms with Crippen molar-refractivity contribution in [1.82, 2.24) is 0 Å². The standard InChI is InChI=1S/C15H20BrF2N/c1-2-10-5-6-15(7-10,9-19)8-11-13(17)4-3-12(16)14(11)18/h3-4,10H,2,5-9,19H2,1H3. The number of halogens is 3. The van der Waals surface area contributed by atoms with Gasteiger partial charge in [0.1, 0.15) is 11.6 Å². The van der Waals surface area contributed by atoms with Crippen molar-refractivity contribution in [1.29, 1.82) is 0 Å². The second-order valence-corrected chi connectivity index (χ2v) is 6.57. The fraction of sp³-hybridized carbons (Fsp3) is 0.600. The SMILES string of the molecule is CCC1CCC(CN)(Cc2c(F)ccc(Br)c2F)C1. The van der Waals surface area contributed by atoms with Gasteiger partial charge in [-0.15, -0.1) is 0 Å². The first-order chi connectivity index (χ1) is 9.01. The molecular formula is C15H20BrF2N. The molecule has 0 heterocycles. The summed E-state index contributed by atoms with van der Waals surface area (Å²) >= 11 is 3.12. The first-order valence-electron chi connectivity index (χ1n) is 6.84. The van der Waals surface area contributed by atoms with E-state index in [-0.39, 0.29) is 11.0 Å². The molecule has 0 amide bonds. The number of nitrogens with two attached hydrogens (primary N) is 1. The van der Waals surface area contributed by atoms with Gasteiger partial charge >= 0.3 is 0 Å². The molecule has 1 aromatic carbocycles. The molecule has 1 aliphatic rings. The van der Waals surface area contributed by atoms with Crippen LogP contribution in [-0.2, 0) is 6.42 Å². The van der Waals surface area contributed by atoms with Gasteiger partial charge < -0.3 is 5.73 Å². The van der Waals surface area contributed by atoms with Gasteiger partial charge in [-0.05, 0) is 71.6 Å². The molecule has 19 heavy (non-hydrogen) atoms. The molecule has 1 fully saturated rings. The highest BCUT2D eigenvalue weighted by molar-refractivity contribution is 9.10. The Bertz CT molecular complexity index is 464. The lowest BCUT2D eigenvalue weighted by molar-refractivity contribution is 0.282. The highest BCUT2D eigenvalue weighted by Crippen LogP contribution is 2.45. The van der Waals surface area contributed by atoms with E-state index in [9.17, 15) is 8.78 Å². The van der Waals surface area contributed by atoms with E-state index in [1.165, 1.54) is 12.1 Å². The normalized spacial score (nSPS) is 26.9. The van der Waals surface area contributed by atoms with E-state index in [1.807, 2.05) is 0 Å². The van der Waals surface area contributed by atoms with Gasteiger partial charge in [0, 0.05) is 5.56 Å². The predicted molar refractivity (Wildman–Crippen MR) is 76.9 cm³/mol. The van der Waals surface area contributed by atoms with Crippen molar-refractivity contribution in [3.8, 4) is 0 Å². The van der Waals surface area contributed by atoms with Gasteiger partial charge in [-0.2, -0.15) is 0 Å². The first kappa shape index (κ1) is 14.9. The van der Waals surface area contributed by atoms with Crippen LogP contribution in [0.3, 0.4) is 0 Å². The summed E-state index contributed by atoms with van der Waals surface area (Å²) in [6, 6.07) is 2.73. The Balaban J connectivity index is 2.27. The summed E-state index contributed by atoms with van der Waals surface area (Å²) in [5, 5.41) is 0. The van der Waals surface area contributed by atoms with Gasteiger partial charge in [0.25, 0.3) is 0 Å². The zero-order chi connectivity index (χ0) is 14.0. The molecule has 0 saturated heterocycles. The molecular weight excluding hydrogens is 312 g/mol. The molecule has 2 N–H and O–H groups in total. The van der Waals surface area contributed by atoms with Crippen molar-refractivity contribution in [2.24, 2.45) is 17.1 Å². The summed E-state index contributed by atoms with van der Waals surface area (Å²) in [5.41, 5.74) is 5.96. The van der Waals surface area contributed by atoms with Crippen LogP contribution < -0.4 is 5.73 Å². The number of rotatable bonds is 4. The van der Waals surface area contributed by atoms with E-state index in [4.69, 9.17) is 5.73 Å². The topological polar surface area (TPSA) is 26.0 Å². The highest BCUT2D eigenvalue weighted by Gasteiger charge is 2.38. The van der Waals surface area contributed by atoms with Gasteiger partial charge in [-0.1, -0.05) is 13.3 Å².